The molecule has 0 aromatic carbocycles. The van der Waals surface area contributed by atoms with Crippen molar-refractivity contribution < 1.29 is 0 Å². The van der Waals surface area contributed by atoms with Crippen molar-refractivity contribution in [2.45, 2.75) is 46.5 Å². The van der Waals surface area contributed by atoms with Gasteiger partial charge < -0.3 is 11.1 Å². The van der Waals surface area contributed by atoms with Crippen molar-refractivity contribution in [1.82, 2.24) is 10.3 Å². The molecule has 18 heavy (non-hydrogen) atoms. The monoisotopic (exact) mass is 269 g/mol. The van der Waals surface area contributed by atoms with Crippen molar-refractivity contribution in [3.8, 4) is 0 Å². The second kappa shape index (κ2) is 7.87. The SMILES string of the molecule is Cc1csc(CCNCCCC(C)(C)CCN)n1. The maximum absolute atomic E-state index is 5.61. The maximum atomic E-state index is 5.61. The van der Waals surface area contributed by atoms with Gasteiger partial charge in [0.2, 0.25) is 0 Å². The lowest BCUT2D eigenvalue weighted by Crippen LogP contribution is -2.22. The number of nitrogens with two attached hydrogens (primary N) is 1. The highest BCUT2D eigenvalue weighted by molar-refractivity contribution is 7.09. The molecule has 3 N–H and O–H groups in total. The molecule has 0 atom stereocenters. The summed E-state index contributed by atoms with van der Waals surface area (Å²) < 4.78 is 0. The van der Waals surface area contributed by atoms with Gasteiger partial charge in [-0.3, -0.25) is 0 Å². The first kappa shape index (κ1) is 15.6. The zero-order valence-electron chi connectivity index (χ0n) is 12.0. The van der Waals surface area contributed by atoms with Crippen molar-refractivity contribution in [3.63, 3.8) is 0 Å². The molecule has 1 aromatic heterocycles. The number of aryl methyl sites for hydroxylation is 1. The van der Waals surface area contributed by atoms with Crippen molar-refractivity contribution in [1.29, 1.82) is 0 Å². The minimum Gasteiger partial charge on any atom is -0.330 e. The molecule has 0 saturated carbocycles. The standard InChI is InChI=1S/C14H27N3S/c1-12-11-18-13(17-12)5-10-16-9-4-6-14(2,3)7-8-15/h11,16H,4-10,15H2,1-3H3. The van der Waals surface area contributed by atoms with E-state index < -0.39 is 0 Å². The molecule has 104 valence electrons. The van der Waals surface area contributed by atoms with Crippen LogP contribution in [0.4, 0.5) is 0 Å². The Morgan fingerprint density at radius 2 is 2.11 bits per heavy atom. The van der Waals surface area contributed by atoms with Crippen LogP contribution in [-0.4, -0.2) is 24.6 Å². The fourth-order valence-corrected chi connectivity index (χ4v) is 2.82. The number of aromatic nitrogens is 1. The van der Waals surface area contributed by atoms with Crippen LogP contribution in [0.1, 0.15) is 43.8 Å². The van der Waals surface area contributed by atoms with E-state index in [9.17, 15) is 0 Å². The summed E-state index contributed by atoms with van der Waals surface area (Å²) in [6, 6.07) is 0. The Balaban J connectivity index is 2.02. The van der Waals surface area contributed by atoms with Gasteiger partial charge in [-0.05, 0) is 44.7 Å². The predicted molar refractivity (Wildman–Crippen MR) is 80.1 cm³/mol. The van der Waals surface area contributed by atoms with E-state index in [0.717, 1.165) is 38.2 Å². The normalized spacial score (nSPS) is 12.0. The van der Waals surface area contributed by atoms with Crippen LogP contribution in [0, 0.1) is 12.3 Å². The van der Waals surface area contributed by atoms with E-state index >= 15 is 0 Å². The van der Waals surface area contributed by atoms with Crippen LogP contribution in [0.25, 0.3) is 0 Å². The van der Waals surface area contributed by atoms with Crippen LogP contribution in [0.3, 0.4) is 0 Å². The summed E-state index contributed by atoms with van der Waals surface area (Å²) in [5, 5.41) is 6.85. The number of rotatable bonds is 9. The highest BCUT2D eigenvalue weighted by Crippen LogP contribution is 2.25. The van der Waals surface area contributed by atoms with Crippen LogP contribution in [0.5, 0.6) is 0 Å². The molecule has 0 aliphatic carbocycles. The van der Waals surface area contributed by atoms with Gasteiger partial charge in [0, 0.05) is 24.0 Å². The largest absolute Gasteiger partial charge is 0.330 e. The summed E-state index contributed by atoms with van der Waals surface area (Å²) in [7, 11) is 0. The third-order valence-corrected chi connectivity index (χ3v) is 4.24. The molecule has 0 bridgehead atoms. The van der Waals surface area contributed by atoms with Gasteiger partial charge in [-0.2, -0.15) is 0 Å². The number of thiazole rings is 1. The molecule has 0 aliphatic heterocycles. The lowest BCUT2D eigenvalue weighted by molar-refractivity contribution is 0.302. The lowest BCUT2D eigenvalue weighted by atomic mass is 9.84. The van der Waals surface area contributed by atoms with E-state index in [1.54, 1.807) is 11.3 Å². The molecular formula is C14H27N3S. The Bertz CT molecular complexity index is 334. The summed E-state index contributed by atoms with van der Waals surface area (Å²) >= 11 is 1.76. The molecule has 1 rings (SSSR count). The summed E-state index contributed by atoms with van der Waals surface area (Å²) in [6.07, 6.45) is 4.63. The zero-order valence-corrected chi connectivity index (χ0v) is 12.8. The van der Waals surface area contributed by atoms with Crippen molar-refractivity contribution in [2.24, 2.45) is 11.1 Å². The Morgan fingerprint density at radius 3 is 2.72 bits per heavy atom. The summed E-state index contributed by atoms with van der Waals surface area (Å²) in [4.78, 5) is 4.46. The molecule has 0 saturated heterocycles. The van der Waals surface area contributed by atoms with Gasteiger partial charge in [-0.1, -0.05) is 13.8 Å². The van der Waals surface area contributed by atoms with Crippen LogP contribution in [-0.2, 0) is 6.42 Å². The summed E-state index contributed by atoms with van der Waals surface area (Å²) in [6.45, 7) is 9.58. The van der Waals surface area contributed by atoms with Gasteiger partial charge in [0.1, 0.15) is 0 Å². The first-order chi connectivity index (χ1) is 8.53. The fraction of sp³-hybridized carbons (Fsp3) is 0.786. The van der Waals surface area contributed by atoms with Crippen molar-refractivity contribution in [3.05, 3.63) is 16.1 Å². The Kier molecular flexibility index (Phi) is 6.82. The van der Waals surface area contributed by atoms with E-state index in [-0.39, 0.29) is 0 Å². The van der Waals surface area contributed by atoms with Gasteiger partial charge in [-0.25, -0.2) is 4.98 Å². The maximum Gasteiger partial charge on any atom is 0.0940 e. The molecule has 1 aromatic rings. The van der Waals surface area contributed by atoms with Crippen LogP contribution in [0.15, 0.2) is 5.38 Å². The topological polar surface area (TPSA) is 50.9 Å². The third-order valence-electron chi connectivity index (χ3n) is 3.21. The van der Waals surface area contributed by atoms with Crippen LogP contribution in [0.2, 0.25) is 0 Å². The zero-order chi connectivity index (χ0) is 13.4. The van der Waals surface area contributed by atoms with E-state index in [4.69, 9.17) is 5.73 Å². The average Bonchev–Trinajstić information content (AvgIpc) is 2.69. The number of hydrogen-bond acceptors (Lipinski definition) is 4. The highest BCUT2D eigenvalue weighted by Gasteiger charge is 2.15. The minimum absolute atomic E-state index is 0.392. The predicted octanol–water partition coefficient (Wildman–Crippen LogP) is 2.74. The second-order valence-corrected chi connectivity index (χ2v) is 6.63. The number of hydrogen-bond donors (Lipinski definition) is 2. The fourth-order valence-electron chi connectivity index (χ4n) is 2.05. The smallest absolute Gasteiger partial charge is 0.0940 e. The molecule has 0 unspecified atom stereocenters. The van der Waals surface area contributed by atoms with Gasteiger partial charge >= 0.3 is 0 Å². The third kappa shape index (κ3) is 6.47. The minimum atomic E-state index is 0.392. The number of nitrogens with one attached hydrogen (secondary N) is 1. The molecule has 0 radical (unpaired) electrons. The Labute approximate surface area is 115 Å². The molecule has 0 amide bonds. The Hall–Kier alpha value is -0.450. The van der Waals surface area contributed by atoms with Crippen LogP contribution >= 0.6 is 11.3 Å². The molecule has 0 fully saturated rings. The van der Waals surface area contributed by atoms with E-state index in [1.807, 2.05) is 6.92 Å². The van der Waals surface area contributed by atoms with E-state index in [2.05, 4.69) is 29.5 Å². The summed E-state index contributed by atoms with van der Waals surface area (Å²) in [5.41, 5.74) is 7.14. The van der Waals surface area contributed by atoms with Gasteiger partial charge in [0.15, 0.2) is 0 Å². The van der Waals surface area contributed by atoms with Gasteiger partial charge in [0.25, 0.3) is 0 Å². The second-order valence-electron chi connectivity index (χ2n) is 5.69. The highest BCUT2D eigenvalue weighted by atomic mass is 32.1. The molecule has 4 heteroatoms. The molecule has 1 heterocycles. The van der Waals surface area contributed by atoms with Crippen molar-refractivity contribution in [2.75, 3.05) is 19.6 Å². The average molecular weight is 269 g/mol. The molecular weight excluding hydrogens is 242 g/mol. The van der Waals surface area contributed by atoms with Gasteiger partial charge in [-0.15, -0.1) is 11.3 Å². The van der Waals surface area contributed by atoms with Gasteiger partial charge in [0.05, 0.1) is 5.01 Å². The van der Waals surface area contributed by atoms with E-state index in [0.29, 0.717) is 5.41 Å². The molecule has 3 nitrogen and oxygen atoms in total. The molecule has 0 spiro atoms. The first-order valence-corrected chi connectivity index (χ1v) is 7.73. The number of nitrogens with zero attached hydrogens (tertiary/aromatic N) is 1. The Morgan fingerprint density at radius 1 is 1.33 bits per heavy atom. The lowest BCUT2D eigenvalue weighted by Gasteiger charge is -2.23. The summed E-state index contributed by atoms with van der Waals surface area (Å²) in [5.74, 6) is 0. The van der Waals surface area contributed by atoms with Crippen molar-refractivity contribution >= 4 is 11.3 Å². The van der Waals surface area contributed by atoms with Crippen LogP contribution < -0.4 is 11.1 Å². The first-order valence-electron chi connectivity index (χ1n) is 6.85. The quantitative estimate of drug-likeness (QED) is 0.678. The molecule has 0 aliphatic rings. The van der Waals surface area contributed by atoms with E-state index in [1.165, 1.54) is 17.8 Å².